The highest BCUT2D eigenvalue weighted by Gasteiger charge is 2.16. The van der Waals surface area contributed by atoms with Gasteiger partial charge in [-0.3, -0.25) is 0 Å². The van der Waals surface area contributed by atoms with E-state index in [4.69, 9.17) is 0 Å². The van der Waals surface area contributed by atoms with Gasteiger partial charge in [-0.25, -0.2) is 0 Å². The molecule has 1 nitrogen and oxygen atoms in total. The number of benzene rings is 1. The number of hydrogen-bond acceptors (Lipinski definition) is 1. The molecule has 0 saturated carbocycles. The van der Waals surface area contributed by atoms with Crippen molar-refractivity contribution in [2.24, 2.45) is 0 Å². The first-order valence-corrected chi connectivity index (χ1v) is 4.17. The first-order chi connectivity index (χ1) is 5.29. The molecule has 0 atom stereocenters. The van der Waals surface area contributed by atoms with Crippen molar-refractivity contribution in [3.05, 3.63) is 29.3 Å². The van der Waals surface area contributed by atoms with Gasteiger partial charge in [-0.1, -0.05) is 23.5 Å². The molecule has 0 aliphatic carbocycles. The molecule has 12 heavy (non-hydrogen) atoms. The zero-order chi connectivity index (χ0) is 7.84. The van der Waals surface area contributed by atoms with Gasteiger partial charge in [0.1, 0.15) is 4.70 Å². The van der Waals surface area contributed by atoms with Gasteiger partial charge < -0.3 is 24.0 Å². The number of hydrogen-bond donors (Lipinski definition) is 0. The second kappa shape index (κ2) is 3.66. The minimum atomic E-state index is 0. The van der Waals surface area contributed by atoms with Crippen LogP contribution in [-0.4, -0.2) is 0 Å². The van der Waals surface area contributed by atoms with Crippen molar-refractivity contribution >= 4 is 21.6 Å². The predicted octanol–water partition coefficient (Wildman–Crippen LogP) is -0.766. The zero-order valence-electron chi connectivity index (χ0n) is 6.42. The number of halogens is 2. The number of rotatable bonds is 0. The van der Waals surface area contributed by atoms with Crippen LogP contribution in [0.2, 0.25) is 0 Å². The lowest BCUT2D eigenvalue weighted by atomic mass is 10.3. The molecule has 0 unspecified atom stereocenters. The predicted molar refractivity (Wildman–Crippen MR) is 43.3 cm³/mol. The lowest BCUT2D eigenvalue weighted by Crippen LogP contribution is -3.00. The Labute approximate surface area is 90.8 Å². The lowest BCUT2D eigenvalue weighted by Gasteiger charge is -1.77. The van der Waals surface area contributed by atoms with Crippen LogP contribution in [0, 0.1) is 6.92 Å². The fourth-order valence-electron chi connectivity index (χ4n) is 1.07. The van der Waals surface area contributed by atoms with E-state index in [9.17, 15) is 4.48 Å². The summed E-state index contributed by atoms with van der Waals surface area (Å²) in [5, 5.41) is 0.686. The monoisotopic (exact) mass is 295 g/mol. The second-order valence-electron chi connectivity index (χ2n) is 2.37. The van der Waals surface area contributed by atoms with E-state index in [0.29, 0.717) is 10.5 Å². The third-order valence-corrected chi connectivity index (χ3v) is 2.63. The average molecular weight is 295 g/mol. The van der Waals surface area contributed by atoms with Crippen molar-refractivity contribution in [2.75, 3.05) is 0 Å². The van der Waals surface area contributed by atoms with Gasteiger partial charge in [-0.05, 0) is 6.07 Å². The fraction of sp³-hybridized carbons (Fsp3) is 0.125. The molecule has 0 amide bonds. The quantitative estimate of drug-likeness (QED) is 0.562. The Morgan fingerprint density at radius 3 is 2.67 bits per heavy atom. The van der Waals surface area contributed by atoms with Crippen LogP contribution >= 0.6 is 11.3 Å². The summed E-state index contributed by atoms with van der Waals surface area (Å²) in [5.74, 6) is 0. The van der Waals surface area contributed by atoms with Gasteiger partial charge in [-0.2, -0.15) is 0 Å². The van der Waals surface area contributed by atoms with Gasteiger partial charge in [0.2, 0.25) is 0 Å². The summed E-state index contributed by atoms with van der Waals surface area (Å²) in [7, 11) is 0. The molecule has 4 heteroatoms. The fourth-order valence-corrected chi connectivity index (χ4v) is 1.97. The van der Waals surface area contributed by atoms with E-state index in [1.165, 1.54) is 11.3 Å². The molecule has 0 radical (unpaired) electrons. The minimum Gasteiger partial charge on any atom is -1.00 e. The topological polar surface area (TPSA) is 3.88 Å². The van der Waals surface area contributed by atoms with Crippen LogP contribution in [0.25, 0.3) is 10.2 Å². The summed E-state index contributed by atoms with van der Waals surface area (Å²) in [6, 6.07) is 7.45. The molecular weight excluding hydrogens is 288 g/mol. The van der Waals surface area contributed by atoms with Crippen molar-refractivity contribution < 1.29 is 33.2 Å². The van der Waals surface area contributed by atoms with Crippen molar-refractivity contribution in [3.8, 4) is 0 Å². The molecule has 1 aromatic heterocycles. The van der Waals surface area contributed by atoms with Crippen molar-refractivity contribution in [1.29, 1.82) is 0 Å². The van der Waals surface area contributed by atoms with Crippen LogP contribution in [0.15, 0.2) is 24.3 Å². The number of nitrogens with zero attached hydrogens (tertiary/aromatic N) is 1. The summed E-state index contributed by atoms with van der Waals surface area (Å²) < 4.78 is 14.1. The lowest BCUT2D eigenvalue weighted by molar-refractivity contribution is -0.823. The van der Waals surface area contributed by atoms with Crippen LogP contribution < -0.4 is 28.8 Å². The van der Waals surface area contributed by atoms with E-state index < -0.39 is 0 Å². The molecule has 0 N–H and O–H groups in total. The van der Waals surface area contributed by atoms with E-state index in [0.717, 1.165) is 9.49 Å². The van der Waals surface area contributed by atoms with Gasteiger partial charge in [0.25, 0.3) is 10.5 Å². The molecule has 1 heterocycles. The van der Waals surface area contributed by atoms with Gasteiger partial charge in [0, 0.05) is 17.8 Å². The summed E-state index contributed by atoms with van der Waals surface area (Å²) in [6.45, 7) is 1.77. The highest BCUT2D eigenvalue weighted by atomic mass is 127. The molecule has 2 rings (SSSR count). The standard InChI is InChI=1S/C8H7FNS.HI/c1-6-10(9)7-4-2-3-5-8(7)11-6;/h2-5H,1H3;1H/q+1;/p-1. The first-order valence-electron chi connectivity index (χ1n) is 3.35. The molecule has 0 saturated heterocycles. The van der Waals surface area contributed by atoms with Crippen LogP contribution in [-0.2, 0) is 0 Å². The van der Waals surface area contributed by atoms with E-state index in [1.54, 1.807) is 13.0 Å². The Balaban J connectivity index is 0.000000720. The Bertz CT molecular complexity index is 399. The molecule has 0 fully saturated rings. The molecular formula is C8H7FINS. The Morgan fingerprint density at radius 1 is 1.33 bits per heavy atom. The van der Waals surface area contributed by atoms with Gasteiger partial charge >= 0.3 is 0 Å². The summed E-state index contributed by atoms with van der Waals surface area (Å²) in [5.41, 5.74) is 0.662. The minimum absolute atomic E-state index is 0. The molecule has 0 bridgehead atoms. The van der Waals surface area contributed by atoms with Gasteiger partial charge in [0.05, 0.1) is 4.48 Å². The number of fused-ring (bicyclic) bond motifs is 1. The maximum absolute atomic E-state index is 13.1. The molecule has 64 valence electrons. The van der Waals surface area contributed by atoms with Crippen LogP contribution in [0.4, 0.5) is 4.48 Å². The van der Waals surface area contributed by atoms with Crippen molar-refractivity contribution in [1.82, 2.24) is 0 Å². The Morgan fingerprint density at radius 2 is 2.00 bits per heavy atom. The maximum atomic E-state index is 13.1. The third-order valence-electron chi connectivity index (χ3n) is 1.61. The van der Waals surface area contributed by atoms with E-state index >= 15 is 0 Å². The Kier molecular flexibility index (Phi) is 3.00. The number of para-hydroxylation sites is 1. The Hall–Kier alpha value is -0.230. The van der Waals surface area contributed by atoms with E-state index in [2.05, 4.69) is 0 Å². The van der Waals surface area contributed by atoms with Gasteiger partial charge in [0.15, 0.2) is 0 Å². The molecule has 0 aliphatic rings. The third kappa shape index (κ3) is 1.45. The summed E-state index contributed by atoms with van der Waals surface area (Å²) in [4.78, 5) is 0.722. The highest BCUT2D eigenvalue weighted by molar-refractivity contribution is 7.18. The van der Waals surface area contributed by atoms with Crippen molar-refractivity contribution in [2.45, 2.75) is 6.92 Å². The van der Waals surface area contributed by atoms with E-state index in [-0.39, 0.29) is 24.0 Å². The molecule has 0 spiro atoms. The smallest absolute Gasteiger partial charge is 0.283 e. The first kappa shape index (κ1) is 9.85. The maximum Gasteiger partial charge on any atom is 0.283 e. The van der Waals surface area contributed by atoms with Gasteiger partial charge in [-0.15, -0.1) is 0 Å². The number of thiazole rings is 1. The molecule has 2 aromatic rings. The second-order valence-corrected chi connectivity index (χ2v) is 3.60. The van der Waals surface area contributed by atoms with Crippen LogP contribution in [0.5, 0.6) is 0 Å². The molecule has 1 aromatic carbocycles. The van der Waals surface area contributed by atoms with E-state index in [1.807, 2.05) is 18.2 Å². The summed E-state index contributed by atoms with van der Waals surface area (Å²) >= 11 is 1.47. The van der Waals surface area contributed by atoms with Crippen LogP contribution in [0.3, 0.4) is 0 Å². The van der Waals surface area contributed by atoms with Crippen LogP contribution in [0.1, 0.15) is 5.01 Å². The number of aromatic nitrogens is 1. The zero-order valence-corrected chi connectivity index (χ0v) is 9.39. The van der Waals surface area contributed by atoms with Crippen molar-refractivity contribution in [3.63, 3.8) is 0 Å². The largest absolute Gasteiger partial charge is 1.00 e. The highest BCUT2D eigenvalue weighted by Crippen LogP contribution is 2.18. The SMILES string of the molecule is Cc1sc2ccccc2[n+]1F.[I-]. The number of aryl methyl sites for hydroxylation is 1. The normalized spacial score (nSPS) is 9.83. The average Bonchev–Trinajstić information content (AvgIpc) is 2.30. The summed E-state index contributed by atoms with van der Waals surface area (Å²) in [6.07, 6.45) is 0. The molecule has 0 aliphatic heterocycles.